The molecule has 0 aliphatic heterocycles. The second-order valence-corrected chi connectivity index (χ2v) is 7.33. The van der Waals surface area contributed by atoms with Gasteiger partial charge in [-0.2, -0.15) is 23.4 Å². The van der Waals surface area contributed by atoms with Gasteiger partial charge in [-0.3, -0.25) is 4.79 Å². The first-order chi connectivity index (χ1) is 15.7. The zero-order chi connectivity index (χ0) is 24.2. The number of ether oxygens (including phenoxy) is 1. The molecular formula is C21H24F3N7O2. The number of alkyl halides is 3. The zero-order valence-electron chi connectivity index (χ0n) is 18.6. The highest BCUT2D eigenvalue weighted by atomic mass is 19.4. The fourth-order valence-electron chi connectivity index (χ4n) is 3.47. The molecule has 0 spiro atoms. The quantitative estimate of drug-likeness (QED) is 0.504. The molecule has 0 aliphatic rings. The molecule has 0 N–H and O–H groups in total. The molecule has 1 amide bonds. The Balaban J connectivity index is 1.84. The van der Waals surface area contributed by atoms with Crippen molar-refractivity contribution in [3.8, 4) is 11.6 Å². The maximum Gasteiger partial charge on any atom is 0.434 e. The predicted octanol–water partition coefficient (Wildman–Crippen LogP) is 3.49. The van der Waals surface area contributed by atoms with E-state index in [4.69, 9.17) is 4.74 Å². The lowest BCUT2D eigenvalue weighted by atomic mass is 10.1. The number of halogens is 3. The Hall–Kier alpha value is -3.57. The number of rotatable bonds is 8. The van der Waals surface area contributed by atoms with Gasteiger partial charge in [0.15, 0.2) is 11.4 Å². The number of likely N-dealkylation sites (N-methyl/N-ethyl adjacent to an activating group) is 1. The molecule has 9 nitrogen and oxygen atoms in total. The van der Waals surface area contributed by atoms with Gasteiger partial charge in [-0.15, -0.1) is 4.80 Å². The molecule has 0 saturated carbocycles. The van der Waals surface area contributed by atoms with E-state index in [1.165, 1.54) is 17.2 Å². The van der Waals surface area contributed by atoms with Crippen LogP contribution in [0.1, 0.15) is 48.9 Å². The van der Waals surface area contributed by atoms with Crippen molar-refractivity contribution in [1.82, 2.24) is 34.8 Å². The van der Waals surface area contributed by atoms with Crippen LogP contribution in [0.5, 0.6) is 5.88 Å². The number of aromatic nitrogens is 6. The third-order valence-corrected chi connectivity index (χ3v) is 5.03. The van der Waals surface area contributed by atoms with Crippen LogP contribution in [0.15, 0.2) is 37.1 Å². The highest BCUT2D eigenvalue weighted by molar-refractivity contribution is 5.96. The van der Waals surface area contributed by atoms with E-state index in [2.05, 4.69) is 25.1 Å². The van der Waals surface area contributed by atoms with Crippen LogP contribution in [0.2, 0.25) is 0 Å². The molecule has 0 fully saturated rings. The van der Waals surface area contributed by atoms with E-state index in [0.29, 0.717) is 24.8 Å². The fourth-order valence-corrected chi connectivity index (χ4v) is 3.47. The Bertz CT molecular complexity index is 1070. The average Bonchev–Trinajstić information content (AvgIpc) is 3.31. The van der Waals surface area contributed by atoms with Crippen LogP contribution in [-0.2, 0) is 6.18 Å². The molecule has 3 rings (SSSR count). The van der Waals surface area contributed by atoms with Crippen molar-refractivity contribution >= 4 is 5.91 Å². The van der Waals surface area contributed by atoms with Gasteiger partial charge in [-0.25, -0.2) is 15.0 Å². The van der Waals surface area contributed by atoms with Gasteiger partial charge in [-0.1, -0.05) is 6.92 Å². The van der Waals surface area contributed by atoms with Gasteiger partial charge in [0.25, 0.3) is 5.91 Å². The number of nitrogens with zero attached hydrogens (tertiary/aromatic N) is 7. The first kappa shape index (κ1) is 24.1. The van der Waals surface area contributed by atoms with Gasteiger partial charge in [0, 0.05) is 12.7 Å². The number of amides is 1. The van der Waals surface area contributed by atoms with Gasteiger partial charge in [0.05, 0.1) is 30.8 Å². The summed E-state index contributed by atoms with van der Waals surface area (Å²) < 4.78 is 43.9. The molecule has 3 aromatic rings. The molecular weight excluding hydrogens is 439 g/mol. The summed E-state index contributed by atoms with van der Waals surface area (Å²) in [5, 5.41) is 8.22. The highest BCUT2D eigenvalue weighted by Crippen LogP contribution is 2.27. The van der Waals surface area contributed by atoms with Crippen LogP contribution in [0.4, 0.5) is 13.2 Å². The largest absolute Gasteiger partial charge is 0.471 e. The second kappa shape index (κ2) is 9.92. The van der Waals surface area contributed by atoms with Crippen molar-refractivity contribution in [2.75, 3.05) is 6.54 Å². The Morgan fingerprint density at radius 1 is 1.12 bits per heavy atom. The maximum absolute atomic E-state index is 13.5. The smallest absolute Gasteiger partial charge is 0.434 e. The van der Waals surface area contributed by atoms with Crippen molar-refractivity contribution in [2.45, 2.75) is 52.4 Å². The summed E-state index contributed by atoms with van der Waals surface area (Å²) in [4.78, 5) is 27.8. The molecule has 12 heteroatoms. The lowest BCUT2D eigenvalue weighted by Gasteiger charge is -2.34. The fraction of sp³-hybridized carbons (Fsp3) is 0.429. The van der Waals surface area contributed by atoms with E-state index in [9.17, 15) is 18.0 Å². The standard InChI is InChI=1S/C21H24F3N7O2/c1-5-15(14(4)33-18-12-25-17(11-26-18)21(22,23)24)30(6-2)20(32)19-16(9-13(3)10-27-19)31-28-7-8-29-31/h7-12,14-15H,5-6H2,1-4H3. The van der Waals surface area contributed by atoms with E-state index in [0.717, 1.165) is 11.8 Å². The molecule has 3 aromatic heterocycles. The van der Waals surface area contributed by atoms with Gasteiger partial charge >= 0.3 is 6.18 Å². The molecule has 0 bridgehead atoms. The number of carbonyl (C=O) groups excluding carboxylic acids is 1. The first-order valence-corrected chi connectivity index (χ1v) is 10.4. The summed E-state index contributed by atoms with van der Waals surface area (Å²) in [5.41, 5.74) is 0.357. The molecule has 0 radical (unpaired) electrons. The van der Waals surface area contributed by atoms with Crippen LogP contribution in [-0.4, -0.2) is 59.4 Å². The summed E-state index contributed by atoms with van der Waals surface area (Å²) in [7, 11) is 0. The Morgan fingerprint density at radius 2 is 1.82 bits per heavy atom. The SMILES string of the molecule is CCC(C(C)Oc1cnc(C(F)(F)F)cn1)N(CC)C(=O)c1ncc(C)cc1-n1nccn1. The highest BCUT2D eigenvalue weighted by Gasteiger charge is 2.34. The minimum Gasteiger partial charge on any atom is -0.471 e. The van der Waals surface area contributed by atoms with Gasteiger partial charge in [0.1, 0.15) is 11.8 Å². The second-order valence-electron chi connectivity index (χ2n) is 7.33. The minimum absolute atomic E-state index is 0.0626. The number of aryl methyl sites for hydroxylation is 1. The molecule has 2 unspecified atom stereocenters. The lowest BCUT2D eigenvalue weighted by Crippen LogP contribution is -2.48. The Morgan fingerprint density at radius 3 is 2.36 bits per heavy atom. The molecule has 33 heavy (non-hydrogen) atoms. The molecule has 0 saturated heterocycles. The van der Waals surface area contributed by atoms with Crippen molar-refractivity contribution in [3.05, 3.63) is 54.0 Å². The van der Waals surface area contributed by atoms with Crippen LogP contribution < -0.4 is 4.74 Å². The molecule has 0 aliphatic carbocycles. The first-order valence-electron chi connectivity index (χ1n) is 10.4. The Labute approximate surface area is 188 Å². The van der Waals surface area contributed by atoms with Crippen molar-refractivity contribution < 1.29 is 22.7 Å². The minimum atomic E-state index is -4.59. The third-order valence-electron chi connectivity index (χ3n) is 5.03. The summed E-state index contributed by atoms with van der Waals surface area (Å²) in [5.74, 6) is -0.405. The van der Waals surface area contributed by atoms with Crippen LogP contribution in [0, 0.1) is 6.92 Å². The number of hydrogen-bond acceptors (Lipinski definition) is 7. The van der Waals surface area contributed by atoms with Crippen molar-refractivity contribution in [1.29, 1.82) is 0 Å². The van der Waals surface area contributed by atoms with E-state index < -0.39 is 24.0 Å². The maximum atomic E-state index is 13.5. The lowest BCUT2D eigenvalue weighted by molar-refractivity contribution is -0.141. The van der Waals surface area contributed by atoms with Crippen LogP contribution in [0.25, 0.3) is 5.69 Å². The molecule has 2 atom stereocenters. The summed E-state index contributed by atoms with van der Waals surface area (Å²) >= 11 is 0. The van der Waals surface area contributed by atoms with E-state index in [1.807, 2.05) is 20.8 Å². The van der Waals surface area contributed by atoms with E-state index >= 15 is 0 Å². The van der Waals surface area contributed by atoms with E-state index in [-0.39, 0.29) is 17.5 Å². The third kappa shape index (κ3) is 5.44. The number of hydrogen-bond donors (Lipinski definition) is 0. The normalized spacial score (nSPS) is 13.4. The molecule has 3 heterocycles. The van der Waals surface area contributed by atoms with Gasteiger partial charge in [-0.05, 0) is 38.8 Å². The predicted molar refractivity (Wildman–Crippen MR) is 112 cm³/mol. The van der Waals surface area contributed by atoms with Gasteiger partial charge in [0.2, 0.25) is 5.88 Å². The van der Waals surface area contributed by atoms with Crippen LogP contribution >= 0.6 is 0 Å². The zero-order valence-corrected chi connectivity index (χ0v) is 18.6. The topological polar surface area (TPSA) is 98.9 Å². The van der Waals surface area contributed by atoms with Crippen molar-refractivity contribution in [2.24, 2.45) is 0 Å². The molecule has 176 valence electrons. The van der Waals surface area contributed by atoms with E-state index in [1.54, 1.807) is 24.1 Å². The summed E-state index contributed by atoms with van der Waals surface area (Å²) in [6.07, 6.45) is 1.49. The number of pyridine rings is 1. The summed E-state index contributed by atoms with van der Waals surface area (Å²) in [6, 6.07) is 1.36. The number of carbonyl (C=O) groups is 1. The monoisotopic (exact) mass is 463 g/mol. The van der Waals surface area contributed by atoms with Crippen LogP contribution in [0.3, 0.4) is 0 Å². The average molecular weight is 463 g/mol. The summed E-state index contributed by atoms with van der Waals surface area (Å²) in [6.45, 7) is 7.64. The molecule has 0 aromatic carbocycles. The Kier molecular flexibility index (Phi) is 7.24. The van der Waals surface area contributed by atoms with Gasteiger partial charge < -0.3 is 9.64 Å². The van der Waals surface area contributed by atoms with Crippen molar-refractivity contribution in [3.63, 3.8) is 0 Å².